The molecule has 0 spiro atoms. The van der Waals surface area contributed by atoms with Crippen molar-refractivity contribution in [3.05, 3.63) is 46.9 Å². The maximum atomic E-state index is 12.7. The van der Waals surface area contributed by atoms with Crippen molar-refractivity contribution in [1.82, 2.24) is 9.97 Å². The van der Waals surface area contributed by atoms with Crippen molar-refractivity contribution < 1.29 is 9.59 Å². The maximum Gasteiger partial charge on any atom is 0.267 e. The van der Waals surface area contributed by atoms with Crippen LogP contribution in [0.25, 0.3) is 0 Å². The fourth-order valence-electron chi connectivity index (χ4n) is 3.89. The Hall–Kier alpha value is -2.76. The average Bonchev–Trinajstić information content (AvgIpc) is 2.98. The van der Waals surface area contributed by atoms with Crippen LogP contribution in [0.3, 0.4) is 0 Å². The molecule has 1 aromatic heterocycles. The molecule has 0 saturated heterocycles. The highest BCUT2D eigenvalue weighted by Crippen LogP contribution is 2.38. The van der Waals surface area contributed by atoms with Gasteiger partial charge in [-0.05, 0) is 31.9 Å². The number of anilines is 2. The van der Waals surface area contributed by atoms with Crippen molar-refractivity contribution in [3.63, 3.8) is 0 Å². The highest BCUT2D eigenvalue weighted by Gasteiger charge is 2.35. The zero-order valence-corrected chi connectivity index (χ0v) is 14.9. The van der Waals surface area contributed by atoms with E-state index in [0.29, 0.717) is 17.2 Å². The molecule has 2 amide bonds. The smallest absolute Gasteiger partial charge is 0.267 e. The number of hydrogen-bond donors (Lipinski definition) is 1. The summed E-state index contributed by atoms with van der Waals surface area (Å²) < 4.78 is 0. The zero-order valence-electron chi connectivity index (χ0n) is 14.9. The molecule has 0 unspecified atom stereocenters. The monoisotopic (exact) mass is 350 g/mol. The molecular weight excluding hydrogens is 328 g/mol. The van der Waals surface area contributed by atoms with Gasteiger partial charge in [-0.25, -0.2) is 9.97 Å². The standard InChI is InChI=1S/C20H22N4O2/c1-12-7-9-14(10-8-12)24-16(25)11-15-17(18(21)26)22-19(23-20(15)24)13-5-3-2-4-6-13/h7-10,13H,2-6,11H2,1H3,(H2,21,26). The van der Waals surface area contributed by atoms with E-state index in [1.807, 2.05) is 31.2 Å². The molecule has 1 aliphatic heterocycles. The summed E-state index contributed by atoms with van der Waals surface area (Å²) in [5, 5.41) is 0. The van der Waals surface area contributed by atoms with Crippen LogP contribution < -0.4 is 10.6 Å². The van der Waals surface area contributed by atoms with Crippen LogP contribution in [-0.4, -0.2) is 21.8 Å². The van der Waals surface area contributed by atoms with Gasteiger partial charge in [-0.15, -0.1) is 0 Å². The number of rotatable bonds is 3. The van der Waals surface area contributed by atoms with Crippen LogP contribution in [0.15, 0.2) is 24.3 Å². The molecule has 1 fully saturated rings. The summed E-state index contributed by atoms with van der Waals surface area (Å²) >= 11 is 0. The number of hydrogen-bond acceptors (Lipinski definition) is 4. The second-order valence-corrected chi connectivity index (χ2v) is 7.17. The van der Waals surface area contributed by atoms with Crippen molar-refractivity contribution in [2.24, 2.45) is 5.73 Å². The van der Waals surface area contributed by atoms with E-state index in [9.17, 15) is 9.59 Å². The third kappa shape index (κ3) is 2.85. The van der Waals surface area contributed by atoms with E-state index in [-0.39, 0.29) is 23.9 Å². The molecule has 2 aliphatic rings. The lowest BCUT2D eigenvalue weighted by Gasteiger charge is -2.23. The maximum absolute atomic E-state index is 12.7. The van der Waals surface area contributed by atoms with Crippen molar-refractivity contribution in [1.29, 1.82) is 0 Å². The van der Waals surface area contributed by atoms with Crippen molar-refractivity contribution in [2.45, 2.75) is 51.4 Å². The highest BCUT2D eigenvalue weighted by molar-refractivity contribution is 6.09. The van der Waals surface area contributed by atoms with Crippen molar-refractivity contribution in [2.75, 3.05) is 4.90 Å². The normalized spacial score (nSPS) is 17.4. The molecular formula is C20H22N4O2. The fraction of sp³-hybridized carbons (Fsp3) is 0.400. The summed E-state index contributed by atoms with van der Waals surface area (Å²) in [6.07, 6.45) is 5.62. The number of amides is 2. The van der Waals surface area contributed by atoms with Crippen LogP contribution in [0.2, 0.25) is 0 Å². The van der Waals surface area contributed by atoms with Crippen molar-refractivity contribution >= 4 is 23.3 Å². The van der Waals surface area contributed by atoms with Crippen LogP contribution in [0.5, 0.6) is 0 Å². The number of primary amides is 1. The van der Waals surface area contributed by atoms with Gasteiger partial charge in [0.15, 0.2) is 0 Å². The second kappa shape index (κ2) is 6.52. The number of nitrogens with two attached hydrogens (primary N) is 1. The Morgan fingerprint density at radius 2 is 1.81 bits per heavy atom. The van der Waals surface area contributed by atoms with E-state index in [4.69, 9.17) is 10.7 Å². The molecule has 4 rings (SSSR count). The molecule has 6 heteroatoms. The van der Waals surface area contributed by atoms with Crippen LogP contribution in [-0.2, 0) is 11.2 Å². The van der Waals surface area contributed by atoms with Gasteiger partial charge in [-0.1, -0.05) is 37.0 Å². The third-order valence-corrected chi connectivity index (χ3v) is 5.29. The molecule has 1 saturated carbocycles. The summed E-state index contributed by atoms with van der Waals surface area (Å²) in [6.45, 7) is 2.00. The van der Waals surface area contributed by atoms with E-state index in [2.05, 4.69) is 4.98 Å². The quantitative estimate of drug-likeness (QED) is 0.921. The number of aryl methyl sites for hydroxylation is 1. The molecule has 2 aromatic rings. The SMILES string of the molecule is Cc1ccc(N2C(=O)Cc3c(C(N)=O)nc(C4CCCCC4)nc32)cc1. The topological polar surface area (TPSA) is 89.2 Å². The first kappa shape index (κ1) is 16.7. The minimum Gasteiger partial charge on any atom is -0.364 e. The lowest BCUT2D eigenvalue weighted by molar-refractivity contribution is -0.116. The number of nitrogens with zero attached hydrogens (tertiary/aromatic N) is 3. The summed E-state index contributed by atoms with van der Waals surface area (Å²) in [7, 11) is 0. The Kier molecular flexibility index (Phi) is 4.18. The highest BCUT2D eigenvalue weighted by atomic mass is 16.2. The van der Waals surface area contributed by atoms with Gasteiger partial charge in [0.25, 0.3) is 5.91 Å². The largest absolute Gasteiger partial charge is 0.364 e. The van der Waals surface area contributed by atoms with Gasteiger partial charge < -0.3 is 5.73 Å². The van der Waals surface area contributed by atoms with Crippen LogP contribution in [0, 0.1) is 6.92 Å². The molecule has 0 atom stereocenters. The van der Waals surface area contributed by atoms with Crippen LogP contribution in [0.4, 0.5) is 11.5 Å². The molecule has 6 nitrogen and oxygen atoms in total. The van der Waals surface area contributed by atoms with Crippen LogP contribution >= 0.6 is 0 Å². The zero-order chi connectivity index (χ0) is 18.3. The van der Waals surface area contributed by atoms with Gasteiger partial charge in [0, 0.05) is 11.5 Å². The average molecular weight is 350 g/mol. The molecule has 26 heavy (non-hydrogen) atoms. The first-order valence-electron chi connectivity index (χ1n) is 9.15. The first-order valence-corrected chi connectivity index (χ1v) is 9.15. The number of benzene rings is 1. The van der Waals surface area contributed by atoms with Crippen LogP contribution in [0.1, 0.15) is 65.5 Å². The number of carbonyl (C=O) groups is 2. The predicted molar refractivity (Wildman–Crippen MR) is 98.4 cm³/mol. The van der Waals surface area contributed by atoms with Gasteiger partial charge in [-0.2, -0.15) is 0 Å². The van der Waals surface area contributed by atoms with E-state index < -0.39 is 5.91 Å². The Bertz CT molecular complexity index is 870. The van der Waals surface area contributed by atoms with Gasteiger partial charge >= 0.3 is 0 Å². The Labute approximate surface area is 152 Å². The fourth-order valence-corrected chi connectivity index (χ4v) is 3.89. The second-order valence-electron chi connectivity index (χ2n) is 7.17. The lowest BCUT2D eigenvalue weighted by atomic mass is 9.88. The van der Waals surface area contributed by atoms with E-state index in [1.165, 1.54) is 6.42 Å². The van der Waals surface area contributed by atoms with Gasteiger partial charge in [0.05, 0.1) is 12.1 Å². The molecule has 0 bridgehead atoms. The first-order chi connectivity index (χ1) is 12.5. The molecule has 2 N–H and O–H groups in total. The Morgan fingerprint density at radius 3 is 2.46 bits per heavy atom. The summed E-state index contributed by atoms with van der Waals surface area (Å²) in [5.74, 6) is 0.677. The third-order valence-electron chi connectivity index (χ3n) is 5.29. The van der Waals surface area contributed by atoms with Crippen molar-refractivity contribution in [3.8, 4) is 0 Å². The predicted octanol–water partition coefficient (Wildman–Crippen LogP) is 3.15. The minimum atomic E-state index is -0.598. The Morgan fingerprint density at radius 1 is 1.12 bits per heavy atom. The van der Waals surface area contributed by atoms with E-state index >= 15 is 0 Å². The summed E-state index contributed by atoms with van der Waals surface area (Å²) in [6, 6.07) is 7.71. The summed E-state index contributed by atoms with van der Waals surface area (Å²) in [4.78, 5) is 35.5. The van der Waals surface area contributed by atoms with Gasteiger partial charge in [0.2, 0.25) is 5.91 Å². The summed E-state index contributed by atoms with van der Waals surface area (Å²) in [5.41, 5.74) is 8.18. The molecule has 1 aliphatic carbocycles. The number of carbonyl (C=O) groups excluding carboxylic acids is 2. The molecule has 134 valence electrons. The van der Waals surface area contributed by atoms with E-state index in [1.54, 1.807) is 4.90 Å². The number of fused-ring (bicyclic) bond motifs is 1. The van der Waals surface area contributed by atoms with E-state index in [0.717, 1.165) is 36.9 Å². The van der Waals surface area contributed by atoms with Gasteiger partial charge in [-0.3, -0.25) is 14.5 Å². The van der Waals surface area contributed by atoms with Gasteiger partial charge in [0.1, 0.15) is 17.3 Å². The minimum absolute atomic E-state index is 0.104. The molecule has 1 aromatic carbocycles. The number of aromatic nitrogens is 2. The molecule has 2 heterocycles. The molecule has 0 radical (unpaired) electrons. The Balaban J connectivity index is 1.83. The lowest BCUT2D eigenvalue weighted by Crippen LogP contribution is -2.22.